The van der Waals surface area contributed by atoms with E-state index < -0.39 is 66.6 Å². The Kier molecular flexibility index (Phi) is 18.4. The van der Waals surface area contributed by atoms with Crippen LogP contribution in [0.4, 0.5) is 0 Å². The lowest BCUT2D eigenvalue weighted by molar-refractivity contribution is -1.92. The Labute approximate surface area is 288 Å². The first kappa shape index (κ1) is 44.7. The number of halogens is 1. The second-order valence-corrected chi connectivity index (χ2v) is 10.8. The minimum Gasteiger partial charge on any atom is -0.478 e. The molecule has 8 N–H and O–H groups in total. The molecule has 21 heteroatoms. The first-order chi connectivity index (χ1) is 23.5. The molecule has 0 aromatic heterocycles. The highest BCUT2D eigenvalue weighted by Crippen LogP contribution is 2.14. The van der Waals surface area contributed by atoms with E-state index in [-0.39, 0.29) is 22.3 Å². The molecule has 0 amide bonds. The molecule has 0 atom stereocenters. The van der Waals surface area contributed by atoms with Crippen molar-refractivity contribution in [3.8, 4) is 0 Å². The largest absolute Gasteiger partial charge is 0.478 e. The molecule has 0 fully saturated rings. The molecule has 0 saturated heterocycles. The third-order valence-corrected chi connectivity index (χ3v) is 6.10. The standard InChI is InChI=1S/2C8H6O4.C7H6O5S.C7H6O2.ClHO4/c2*9-7(10)5-3-1-2-4-6(5)8(11)12;8-7(9)5-3-1-2-4-6(5)13(10,11)12;8-7(9)6-4-2-1-3-5-6;2-1(3,4)5/h2*1-4H,(H,9,10)(H,11,12);1-4H,(H,8,9)(H,10,11,12);1-5H,(H,8,9);(H,2,3,4,5). The molecule has 0 saturated carbocycles. The Hall–Kier alpha value is -6.26. The van der Waals surface area contributed by atoms with Crippen molar-refractivity contribution in [1.29, 1.82) is 0 Å². The SMILES string of the molecule is O=C(O)c1ccccc1.O=C(O)c1ccccc1C(=O)O.O=C(O)c1ccccc1C(=O)O.O=C(O)c1ccccc1S(=O)(=O)O.[O-][Cl+3]([O-])([O-])O. The second-order valence-electron chi connectivity index (χ2n) is 8.66. The fraction of sp³-hybridized carbons (Fsp3) is 0. The van der Waals surface area contributed by atoms with E-state index in [2.05, 4.69) is 0 Å². The predicted octanol–water partition coefficient (Wildman–Crippen LogP) is 0.0583. The monoisotopic (exact) mass is 756 g/mol. The molecule has 0 unspecified atom stereocenters. The van der Waals surface area contributed by atoms with Crippen molar-refractivity contribution in [3.63, 3.8) is 0 Å². The van der Waals surface area contributed by atoms with Crippen molar-refractivity contribution in [1.82, 2.24) is 0 Å². The van der Waals surface area contributed by atoms with Gasteiger partial charge in [0.1, 0.15) is 4.90 Å². The van der Waals surface area contributed by atoms with Crippen molar-refractivity contribution >= 4 is 45.9 Å². The Morgan fingerprint density at radius 2 is 0.667 bits per heavy atom. The van der Waals surface area contributed by atoms with Gasteiger partial charge in [0.2, 0.25) is 0 Å². The molecule has 51 heavy (non-hydrogen) atoms. The number of carboxylic acids is 6. The van der Waals surface area contributed by atoms with Crippen molar-refractivity contribution in [2.24, 2.45) is 0 Å². The summed E-state index contributed by atoms with van der Waals surface area (Å²) < 4.78 is 62.7. The van der Waals surface area contributed by atoms with Gasteiger partial charge in [-0.1, -0.05) is 54.6 Å². The van der Waals surface area contributed by atoms with Gasteiger partial charge in [0.05, 0.1) is 48.3 Å². The molecule has 4 rings (SSSR count). The second kappa shape index (κ2) is 21.0. The van der Waals surface area contributed by atoms with Crippen molar-refractivity contribution in [3.05, 3.63) is 137 Å². The number of carboxylic acid groups (broad SMARTS) is 6. The molecule has 0 radical (unpaired) electrons. The minimum absolute atomic E-state index is 0.190. The average molecular weight is 757 g/mol. The van der Waals surface area contributed by atoms with E-state index in [1.165, 1.54) is 60.7 Å². The van der Waals surface area contributed by atoms with E-state index in [1.807, 2.05) is 0 Å². The van der Waals surface area contributed by atoms with Crippen LogP contribution in [0.3, 0.4) is 0 Å². The van der Waals surface area contributed by atoms with E-state index in [0.29, 0.717) is 5.56 Å². The number of hydrogen-bond acceptors (Lipinski definition) is 12. The van der Waals surface area contributed by atoms with Gasteiger partial charge in [-0.3, -0.25) is 4.55 Å². The first-order valence-electron chi connectivity index (χ1n) is 12.8. The van der Waals surface area contributed by atoms with Gasteiger partial charge in [0.15, 0.2) is 0 Å². The van der Waals surface area contributed by atoms with Gasteiger partial charge in [-0.15, -0.1) is 0 Å². The zero-order valence-corrected chi connectivity index (χ0v) is 26.7. The lowest BCUT2D eigenvalue weighted by Crippen LogP contribution is -2.58. The maximum Gasteiger partial charge on any atom is 0.337 e. The molecule has 4 aromatic rings. The molecular formula is C30H25ClO19S. The van der Waals surface area contributed by atoms with E-state index in [9.17, 15) is 37.2 Å². The maximum atomic E-state index is 10.7. The summed E-state index contributed by atoms with van der Waals surface area (Å²) in [6, 6.07) is 24.1. The van der Waals surface area contributed by atoms with Crippen molar-refractivity contribution < 1.29 is 101 Å². The van der Waals surface area contributed by atoms with Crippen LogP contribution in [0.5, 0.6) is 0 Å². The van der Waals surface area contributed by atoms with Crippen molar-refractivity contribution in [2.75, 3.05) is 0 Å². The van der Waals surface area contributed by atoms with Crippen LogP contribution >= 0.6 is 0 Å². The fourth-order valence-electron chi connectivity index (χ4n) is 3.16. The summed E-state index contributed by atoms with van der Waals surface area (Å²) in [6.45, 7) is 0. The highest BCUT2D eigenvalue weighted by atomic mass is 35.7. The van der Waals surface area contributed by atoms with Crippen LogP contribution in [-0.4, -0.2) is 84.1 Å². The third-order valence-electron chi connectivity index (χ3n) is 5.19. The number of aromatic carboxylic acids is 6. The maximum absolute atomic E-state index is 10.7. The van der Waals surface area contributed by atoms with E-state index in [4.69, 9.17) is 53.8 Å². The molecule has 4 aromatic carbocycles. The summed E-state index contributed by atoms with van der Waals surface area (Å²) in [5, 5.41) is 51.1. The average Bonchev–Trinajstić information content (AvgIpc) is 3.04. The van der Waals surface area contributed by atoms with E-state index in [0.717, 1.165) is 12.1 Å². The van der Waals surface area contributed by atoms with Crippen LogP contribution in [0, 0.1) is 10.2 Å². The van der Waals surface area contributed by atoms with Gasteiger partial charge < -0.3 is 30.6 Å². The molecule has 272 valence electrons. The minimum atomic E-state index is -4.69. The van der Waals surface area contributed by atoms with Gasteiger partial charge in [0.25, 0.3) is 10.1 Å². The molecule has 0 spiro atoms. The molecule has 0 aliphatic carbocycles. The zero-order valence-electron chi connectivity index (χ0n) is 25.2. The highest BCUT2D eigenvalue weighted by Gasteiger charge is 2.19. The van der Waals surface area contributed by atoms with Crippen LogP contribution in [0.2, 0.25) is 0 Å². The van der Waals surface area contributed by atoms with Crippen LogP contribution in [0.1, 0.15) is 62.1 Å². The Morgan fingerprint density at radius 1 is 0.431 bits per heavy atom. The summed E-state index contributed by atoms with van der Waals surface area (Å²) in [7, 11) is -9.15. The van der Waals surface area contributed by atoms with E-state index in [1.54, 1.807) is 30.3 Å². The molecule has 0 aliphatic heterocycles. The van der Waals surface area contributed by atoms with Gasteiger partial charge in [-0.05, 0) is 48.5 Å². The Bertz CT molecular complexity index is 1800. The Balaban J connectivity index is 0.000000629. The van der Waals surface area contributed by atoms with E-state index >= 15 is 0 Å². The predicted molar refractivity (Wildman–Crippen MR) is 160 cm³/mol. The smallest absolute Gasteiger partial charge is 0.337 e. The summed E-state index contributed by atoms with van der Waals surface area (Å²) in [5.41, 5.74) is -0.868. The normalized spacial score (nSPS) is 9.98. The lowest BCUT2D eigenvalue weighted by atomic mass is 10.1. The highest BCUT2D eigenvalue weighted by molar-refractivity contribution is 7.86. The summed E-state index contributed by atoms with van der Waals surface area (Å²) in [6.07, 6.45) is 0. The fourth-order valence-corrected chi connectivity index (χ4v) is 3.84. The molecule has 0 aliphatic rings. The van der Waals surface area contributed by atoms with Gasteiger partial charge in [0, 0.05) is 0 Å². The summed E-state index contributed by atoms with van der Waals surface area (Å²) in [5.74, 6) is -7.19. The zero-order chi connectivity index (χ0) is 39.5. The molecular weight excluding hydrogens is 732 g/mol. The van der Waals surface area contributed by atoms with Gasteiger partial charge in [-0.25, -0.2) is 28.8 Å². The topological polar surface area (TPSA) is 368 Å². The Morgan fingerprint density at radius 3 is 0.863 bits per heavy atom. The number of hydrogen-bond donors (Lipinski definition) is 8. The molecule has 0 bridgehead atoms. The quantitative estimate of drug-likeness (QED) is 0.115. The third kappa shape index (κ3) is 18.2. The summed E-state index contributed by atoms with van der Waals surface area (Å²) >= 11 is 0. The first-order valence-corrected chi connectivity index (χ1v) is 15.5. The lowest BCUT2D eigenvalue weighted by Gasteiger charge is -2.03. The summed E-state index contributed by atoms with van der Waals surface area (Å²) in [4.78, 5) is 62.0. The van der Waals surface area contributed by atoms with Crippen LogP contribution in [0.15, 0.2) is 108 Å². The van der Waals surface area contributed by atoms with Crippen LogP contribution in [-0.2, 0) is 10.1 Å². The van der Waals surface area contributed by atoms with Gasteiger partial charge in [-0.2, -0.15) is 22.4 Å². The van der Waals surface area contributed by atoms with Crippen LogP contribution in [0.25, 0.3) is 0 Å². The van der Waals surface area contributed by atoms with Crippen LogP contribution < -0.4 is 14.0 Å². The van der Waals surface area contributed by atoms with Crippen molar-refractivity contribution in [2.45, 2.75) is 4.90 Å². The number of carbonyl (C=O) groups is 6. The van der Waals surface area contributed by atoms with Gasteiger partial charge >= 0.3 is 35.8 Å². The number of rotatable bonds is 7. The number of benzene rings is 4. The molecule has 0 heterocycles. The molecule has 19 nitrogen and oxygen atoms in total.